The second-order valence-corrected chi connectivity index (χ2v) is 4.23. The fraction of sp³-hybridized carbons (Fsp3) is 0.462. The van der Waals surface area contributed by atoms with Crippen molar-refractivity contribution in [1.29, 1.82) is 0 Å². The molecule has 1 unspecified atom stereocenters. The van der Waals surface area contributed by atoms with Gasteiger partial charge in [-0.1, -0.05) is 6.07 Å². The van der Waals surface area contributed by atoms with Crippen molar-refractivity contribution in [2.24, 2.45) is 0 Å². The lowest BCUT2D eigenvalue weighted by Gasteiger charge is -2.13. The summed E-state index contributed by atoms with van der Waals surface area (Å²) < 4.78 is 10.0. The Balaban J connectivity index is 2.15. The summed E-state index contributed by atoms with van der Waals surface area (Å²) in [6.45, 7) is 3.42. The molecule has 17 heavy (non-hydrogen) atoms. The lowest BCUT2D eigenvalue weighted by Crippen LogP contribution is -2.19. The summed E-state index contributed by atoms with van der Waals surface area (Å²) in [4.78, 5) is 11.5. The lowest BCUT2D eigenvalue weighted by atomic mass is 10.1. The van der Waals surface area contributed by atoms with Gasteiger partial charge in [0, 0.05) is 12.3 Å². The van der Waals surface area contributed by atoms with Gasteiger partial charge in [-0.15, -0.1) is 0 Å². The molecule has 1 aromatic rings. The van der Waals surface area contributed by atoms with Crippen LogP contribution < -0.4 is 5.32 Å². The van der Waals surface area contributed by atoms with Crippen molar-refractivity contribution in [1.82, 2.24) is 0 Å². The van der Waals surface area contributed by atoms with Crippen LogP contribution in [0.3, 0.4) is 0 Å². The molecule has 1 saturated heterocycles. The quantitative estimate of drug-likeness (QED) is 0.814. The third kappa shape index (κ3) is 2.77. The molecule has 1 N–H and O–H groups in total. The van der Waals surface area contributed by atoms with Crippen molar-refractivity contribution in [3.63, 3.8) is 0 Å². The molecule has 0 amide bonds. The molecule has 2 rings (SSSR count). The molecule has 92 valence electrons. The van der Waals surface area contributed by atoms with Gasteiger partial charge in [0.1, 0.15) is 0 Å². The monoisotopic (exact) mass is 235 g/mol. The summed E-state index contributed by atoms with van der Waals surface area (Å²) in [5, 5.41) is 3.35. The van der Waals surface area contributed by atoms with E-state index in [0.29, 0.717) is 11.6 Å². The van der Waals surface area contributed by atoms with Gasteiger partial charge in [0.25, 0.3) is 0 Å². The zero-order valence-corrected chi connectivity index (χ0v) is 10.2. The Morgan fingerprint density at radius 3 is 3.00 bits per heavy atom. The van der Waals surface area contributed by atoms with Gasteiger partial charge in [0.15, 0.2) is 0 Å². The highest BCUT2D eigenvalue weighted by Crippen LogP contribution is 2.19. The summed E-state index contributed by atoms with van der Waals surface area (Å²) in [7, 11) is 1.40. The minimum Gasteiger partial charge on any atom is -0.465 e. The van der Waals surface area contributed by atoms with Crippen LogP contribution in [0.15, 0.2) is 18.2 Å². The van der Waals surface area contributed by atoms with E-state index in [1.54, 1.807) is 0 Å². The summed E-state index contributed by atoms with van der Waals surface area (Å²) in [5.41, 5.74) is 2.47. The molecule has 0 aromatic heterocycles. The van der Waals surface area contributed by atoms with Gasteiger partial charge < -0.3 is 14.8 Å². The Kier molecular flexibility index (Phi) is 3.64. The zero-order chi connectivity index (χ0) is 12.3. The molecule has 0 bridgehead atoms. The number of hydrogen-bond acceptors (Lipinski definition) is 4. The Labute approximate surface area is 101 Å². The Morgan fingerprint density at radius 2 is 2.35 bits per heavy atom. The topological polar surface area (TPSA) is 47.6 Å². The highest BCUT2D eigenvalue weighted by molar-refractivity contribution is 5.92. The van der Waals surface area contributed by atoms with E-state index in [9.17, 15) is 4.79 Å². The third-order valence-corrected chi connectivity index (χ3v) is 2.94. The number of carbonyl (C=O) groups excluding carboxylic acids is 1. The number of anilines is 1. The van der Waals surface area contributed by atoms with Crippen LogP contribution in [0.25, 0.3) is 0 Å². The first kappa shape index (κ1) is 11.9. The van der Waals surface area contributed by atoms with Crippen molar-refractivity contribution in [2.75, 3.05) is 25.6 Å². The molecule has 1 aromatic carbocycles. The summed E-state index contributed by atoms with van der Waals surface area (Å²) in [6.07, 6.45) is 1.00. The molecule has 0 saturated carbocycles. The fourth-order valence-corrected chi connectivity index (χ4v) is 1.93. The van der Waals surface area contributed by atoms with E-state index in [1.807, 2.05) is 25.1 Å². The maximum Gasteiger partial charge on any atom is 0.338 e. The Morgan fingerprint density at radius 1 is 1.53 bits per heavy atom. The largest absolute Gasteiger partial charge is 0.465 e. The molecular weight excluding hydrogens is 218 g/mol. The lowest BCUT2D eigenvalue weighted by molar-refractivity contribution is 0.0600. The molecule has 4 heteroatoms. The molecule has 1 heterocycles. The van der Waals surface area contributed by atoms with Gasteiger partial charge in [0.2, 0.25) is 0 Å². The van der Waals surface area contributed by atoms with Crippen LogP contribution in [0.2, 0.25) is 0 Å². The van der Waals surface area contributed by atoms with Crippen molar-refractivity contribution in [3.05, 3.63) is 29.3 Å². The van der Waals surface area contributed by atoms with E-state index in [2.05, 4.69) is 5.32 Å². The highest BCUT2D eigenvalue weighted by atomic mass is 16.5. The smallest absolute Gasteiger partial charge is 0.338 e. The predicted molar refractivity (Wildman–Crippen MR) is 65.4 cm³/mol. The first-order valence-corrected chi connectivity index (χ1v) is 5.74. The van der Waals surface area contributed by atoms with Crippen LogP contribution >= 0.6 is 0 Å². The molecule has 1 aliphatic rings. The highest BCUT2D eigenvalue weighted by Gasteiger charge is 2.16. The van der Waals surface area contributed by atoms with Gasteiger partial charge >= 0.3 is 5.97 Å². The molecule has 1 atom stereocenters. The third-order valence-electron chi connectivity index (χ3n) is 2.94. The van der Waals surface area contributed by atoms with E-state index in [-0.39, 0.29) is 5.97 Å². The maximum absolute atomic E-state index is 11.5. The van der Waals surface area contributed by atoms with E-state index in [4.69, 9.17) is 9.47 Å². The number of esters is 1. The average molecular weight is 235 g/mol. The number of aryl methyl sites for hydroxylation is 1. The summed E-state index contributed by atoms with van der Waals surface area (Å²) in [5.74, 6) is -0.297. The molecule has 4 nitrogen and oxygen atoms in total. The predicted octanol–water partition coefficient (Wildman–Crippen LogP) is 1.98. The number of ether oxygens (including phenoxy) is 2. The van der Waals surface area contributed by atoms with Crippen molar-refractivity contribution in [3.8, 4) is 0 Å². The summed E-state index contributed by atoms with van der Waals surface area (Å²) >= 11 is 0. The number of methoxy groups -OCH3 is 1. The van der Waals surface area contributed by atoms with E-state index in [1.165, 1.54) is 7.11 Å². The molecule has 0 spiro atoms. The minimum atomic E-state index is -0.297. The average Bonchev–Trinajstić information content (AvgIpc) is 2.83. The Bertz CT molecular complexity index is 411. The van der Waals surface area contributed by atoms with Gasteiger partial charge in [-0.2, -0.15) is 0 Å². The SMILES string of the molecule is COC(=O)c1cc(NC2CCOC2)ccc1C. The van der Waals surface area contributed by atoms with Crippen molar-refractivity contribution in [2.45, 2.75) is 19.4 Å². The van der Waals surface area contributed by atoms with Crippen LogP contribution in [0.5, 0.6) is 0 Å². The Hall–Kier alpha value is -1.55. The van der Waals surface area contributed by atoms with Gasteiger partial charge in [-0.25, -0.2) is 4.79 Å². The molecule has 1 fully saturated rings. The van der Waals surface area contributed by atoms with Crippen LogP contribution in [-0.4, -0.2) is 32.3 Å². The van der Waals surface area contributed by atoms with Gasteiger partial charge in [-0.3, -0.25) is 0 Å². The van der Waals surface area contributed by atoms with Crippen LogP contribution in [0, 0.1) is 6.92 Å². The number of nitrogens with one attached hydrogen (secondary N) is 1. The second-order valence-electron chi connectivity index (χ2n) is 4.23. The molecule has 1 aliphatic heterocycles. The van der Waals surface area contributed by atoms with Crippen LogP contribution in [0.4, 0.5) is 5.69 Å². The summed E-state index contributed by atoms with van der Waals surface area (Å²) in [6, 6.07) is 6.06. The second kappa shape index (κ2) is 5.19. The number of rotatable bonds is 3. The zero-order valence-electron chi connectivity index (χ0n) is 10.2. The van der Waals surface area contributed by atoms with Crippen LogP contribution in [-0.2, 0) is 9.47 Å². The number of carbonyl (C=O) groups is 1. The van der Waals surface area contributed by atoms with Crippen molar-refractivity contribution < 1.29 is 14.3 Å². The standard InChI is InChI=1S/C13H17NO3/c1-9-3-4-10(7-12(9)13(15)16-2)14-11-5-6-17-8-11/h3-4,7,11,14H,5-6,8H2,1-2H3. The normalized spacial score (nSPS) is 19.1. The van der Waals surface area contributed by atoms with E-state index < -0.39 is 0 Å². The molecule has 0 radical (unpaired) electrons. The van der Waals surface area contributed by atoms with Crippen molar-refractivity contribution >= 4 is 11.7 Å². The molecular formula is C13H17NO3. The van der Waals surface area contributed by atoms with E-state index >= 15 is 0 Å². The number of benzene rings is 1. The first-order valence-electron chi connectivity index (χ1n) is 5.74. The maximum atomic E-state index is 11.5. The minimum absolute atomic E-state index is 0.297. The molecule has 0 aliphatic carbocycles. The van der Waals surface area contributed by atoms with Gasteiger partial charge in [0.05, 0.1) is 25.3 Å². The first-order chi connectivity index (χ1) is 8.20. The number of hydrogen-bond donors (Lipinski definition) is 1. The van der Waals surface area contributed by atoms with E-state index in [0.717, 1.165) is 30.9 Å². The van der Waals surface area contributed by atoms with Gasteiger partial charge in [-0.05, 0) is 31.0 Å². The fourth-order valence-electron chi connectivity index (χ4n) is 1.93. The van der Waals surface area contributed by atoms with Crippen LogP contribution in [0.1, 0.15) is 22.3 Å².